The normalized spacial score (nSPS) is 13.0. The van der Waals surface area contributed by atoms with E-state index in [1.54, 1.807) is 0 Å². The Hall–Kier alpha value is -0.770. The highest BCUT2D eigenvalue weighted by Gasteiger charge is 2.15. The molecule has 2 N–H and O–H groups in total. The lowest BCUT2D eigenvalue weighted by atomic mass is 10.1. The maximum atomic E-state index is 11.4. The zero-order chi connectivity index (χ0) is 16.1. The summed E-state index contributed by atoms with van der Waals surface area (Å²) < 4.78 is 5.18. The van der Waals surface area contributed by atoms with Crippen LogP contribution in [0, 0.1) is 0 Å². The zero-order valence-electron chi connectivity index (χ0n) is 14.8. The first-order valence-corrected chi connectivity index (χ1v) is 8.55. The number of hydrogen-bond donors (Lipinski definition) is 2. The predicted molar refractivity (Wildman–Crippen MR) is 89.7 cm³/mol. The molecular weight excluding hydrogens is 264 g/mol. The van der Waals surface area contributed by atoms with Crippen LogP contribution in [0.1, 0.15) is 79.6 Å². The van der Waals surface area contributed by atoms with Gasteiger partial charge in [0.2, 0.25) is 0 Å². The quantitative estimate of drug-likeness (QED) is 0.561. The van der Waals surface area contributed by atoms with Crippen molar-refractivity contribution in [3.05, 3.63) is 0 Å². The van der Waals surface area contributed by atoms with Crippen molar-refractivity contribution in [1.29, 1.82) is 0 Å². The minimum Gasteiger partial charge on any atom is -0.444 e. The van der Waals surface area contributed by atoms with Crippen molar-refractivity contribution in [3.63, 3.8) is 0 Å². The van der Waals surface area contributed by atoms with Crippen molar-refractivity contribution in [3.8, 4) is 0 Å². The van der Waals surface area contributed by atoms with E-state index in [9.17, 15) is 4.79 Å². The van der Waals surface area contributed by atoms with Crippen LogP contribution in [0.5, 0.6) is 0 Å². The fraction of sp³-hybridized carbons (Fsp3) is 0.941. The fourth-order valence-corrected chi connectivity index (χ4v) is 2.10. The van der Waals surface area contributed by atoms with Gasteiger partial charge in [-0.05, 0) is 47.1 Å². The molecule has 0 radical (unpaired) electrons. The summed E-state index contributed by atoms with van der Waals surface area (Å²) in [5.41, 5.74) is -0.422. The molecule has 0 aliphatic rings. The van der Waals surface area contributed by atoms with Crippen molar-refractivity contribution in [2.24, 2.45) is 0 Å². The molecule has 21 heavy (non-hydrogen) atoms. The van der Waals surface area contributed by atoms with E-state index in [4.69, 9.17) is 4.74 Å². The molecule has 0 aromatic carbocycles. The topological polar surface area (TPSA) is 50.4 Å². The maximum Gasteiger partial charge on any atom is 0.407 e. The SMILES string of the molecule is CCCCCCCC(C)NCCCNC(=O)OC(C)(C)C. The van der Waals surface area contributed by atoms with E-state index in [0.717, 1.165) is 13.0 Å². The molecule has 0 saturated heterocycles. The highest BCUT2D eigenvalue weighted by Crippen LogP contribution is 2.07. The molecule has 0 rings (SSSR count). The molecule has 4 nitrogen and oxygen atoms in total. The van der Waals surface area contributed by atoms with Crippen molar-refractivity contribution in [2.45, 2.75) is 91.2 Å². The number of unbranched alkanes of at least 4 members (excludes halogenated alkanes) is 4. The molecule has 0 aliphatic carbocycles. The van der Waals surface area contributed by atoms with Gasteiger partial charge in [0.05, 0.1) is 0 Å². The average molecular weight is 300 g/mol. The standard InChI is InChI=1S/C17H36N2O2/c1-6-7-8-9-10-12-15(2)18-13-11-14-19-16(20)21-17(3,4)5/h15,18H,6-14H2,1-5H3,(H,19,20). The number of nitrogens with one attached hydrogen (secondary N) is 2. The molecule has 0 bridgehead atoms. The molecule has 0 aliphatic heterocycles. The highest BCUT2D eigenvalue weighted by molar-refractivity contribution is 5.67. The summed E-state index contributed by atoms with van der Waals surface area (Å²) in [5, 5.41) is 6.28. The molecule has 126 valence electrons. The van der Waals surface area contributed by atoms with Gasteiger partial charge in [0.1, 0.15) is 5.60 Å². The Morgan fingerprint density at radius 3 is 2.33 bits per heavy atom. The lowest BCUT2D eigenvalue weighted by Gasteiger charge is -2.19. The van der Waals surface area contributed by atoms with Gasteiger partial charge < -0.3 is 15.4 Å². The van der Waals surface area contributed by atoms with Gasteiger partial charge in [0.25, 0.3) is 0 Å². The number of rotatable bonds is 11. The van der Waals surface area contributed by atoms with Crippen LogP contribution in [0.4, 0.5) is 4.79 Å². The van der Waals surface area contributed by atoms with E-state index in [1.165, 1.54) is 38.5 Å². The van der Waals surface area contributed by atoms with Gasteiger partial charge in [-0.3, -0.25) is 0 Å². The monoisotopic (exact) mass is 300 g/mol. The van der Waals surface area contributed by atoms with E-state index in [-0.39, 0.29) is 6.09 Å². The van der Waals surface area contributed by atoms with E-state index in [0.29, 0.717) is 12.6 Å². The molecule has 1 amide bonds. The minimum atomic E-state index is -0.422. The van der Waals surface area contributed by atoms with Gasteiger partial charge in [-0.25, -0.2) is 4.79 Å². The average Bonchev–Trinajstić information content (AvgIpc) is 2.36. The van der Waals surface area contributed by atoms with Crippen molar-refractivity contribution in [1.82, 2.24) is 10.6 Å². The van der Waals surface area contributed by atoms with Crippen LogP contribution < -0.4 is 10.6 Å². The van der Waals surface area contributed by atoms with Gasteiger partial charge in [-0.1, -0.05) is 39.0 Å². The number of ether oxygens (including phenoxy) is 1. The molecule has 0 fully saturated rings. The number of alkyl carbamates (subject to hydrolysis) is 1. The summed E-state index contributed by atoms with van der Waals surface area (Å²) in [6.45, 7) is 11.7. The number of hydrogen-bond acceptors (Lipinski definition) is 3. The van der Waals surface area contributed by atoms with E-state index in [2.05, 4.69) is 24.5 Å². The van der Waals surface area contributed by atoms with Gasteiger partial charge in [-0.15, -0.1) is 0 Å². The second-order valence-electron chi connectivity index (χ2n) is 6.84. The molecule has 4 heteroatoms. The zero-order valence-corrected chi connectivity index (χ0v) is 14.8. The molecule has 1 atom stereocenters. The van der Waals surface area contributed by atoms with Crippen LogP contribution >= 0.6 is 0 Å². The summed E-state index contributed by atoms with van der Waals surface area (Å²) in [7, 11) is 0. The Balaban J connectivity index is 3.39. The molecule has 1 unspecified atom stereocenters. The summed E-state index contributed by atoms with van der Waals surface area (Å²) >= 11 is 0. The molecule has 0 spiro atoms. The van der Waals surface area contributed by atoms with E-state index in [1.807, 2.05) is 20.8 Å². The summed E-state index contributed by atoms with van der Waals surface area (Å²) in [5.74, 6) is 0. The third-order valence-corrected chi connectivity index (χ3v) is 3.26. The lowest BCUT2D eigenvalue weighted by molar-refractivity contribution is 0.0527. The lowest BCUT2D eigenvalue weighted by Crippen LogP contribution is -2.34. The Kier molecular flexibility index (Phi) is 11.4. The van der Waals surface area contributed by atoms with Crippen LogP contribution in [0.3, 0.4) is 0 Å². The molecule has 0 saturated carbocycles. The van der Waals surface area contributed by atoms with Gasteiger partial charge in [0, 0.05) is 12.6 Å². The fourth-order valence-electron chi connectivity index (χ4n) is 2.10. The number of carbonyl (C=O) groups is 1. The summed E-state index contributed by atoms with van der Waals surface area (Å²) in [6.07, 6.45) is 8.53. The smallest absolute Gasteiger partial charge is 0.407 e. The minimum absolute atomic E-state index is 0.327. The third kappa shape index (κ3) is 15.4. The molecule has 0 aromatic heterocycles. The predicted octanol–water partition coefficient (Wildman–Crippen LogP) is 4.24. The van der Waals surface area contributed by atoms with Crippen molar-refractivity contribution >= 4 is 6.09 Å². The first-order valence-electron chi connectivity index (χ1n) is 8.55. The Morgan fingerprint density at radius 1 is 1.05 bits per heavy atom. The van der Waals surface area contributed by atoms with Crippen molar-refractivity contribution in [2.75, 3.05) is 13.1 Å². The Labute approximate surface area is 131 Å². The molecular formula is C17H36N2O2. The second-order valence-corrected chi connectivity index (χ2v) is 6.84. The summed E-state index contributed by atoms with van der Waals surface area (Å²) in [6, 6.07) is 0.563. The van der Waals surface area contributed by atoms with Gasteiger partial charge >= 0.3 is 6.09 Å². The molecule has 0 aromatic rings. The summed E-state index contributed by atoms with van der Waals surface area (Å²) in [4.78, 5) is 11.4. The van der Waals surface area contributed by atoms with Crippen molar-refractivity contribution < 1.29 is 9.53 Å². The van der Waals surface area contributed by atoms with Gasteiger partial charge in [0.15, 0.2) is 0 Å². The number of amides is 1. The highest BCUT2D eigenvalue weighted by atomic mass is 16.6. The number of carbonyl (C=O) groups excluding carboxylic acids is 1. The van der Waals surface area contributed by atoms with Crippen LogP contribution in [0.15, 0.2) is 0 Å². The largest absolute Gasteiger partial charge is 0.444 e. The Bertz CT molecular complexity index is 262. The Morgan fingerprint density at radius 2 is 1.71 bits per heavy atom. The molecule has 0 heterocycles. The van der Waals surface area contributed by atoms with E-state index < -0.39 is 5.60 Å². The first kappa shape index (κ1) is 20.2. The van der Waals surface area contributed by atoms with Crippen LogP contribution in [-0.4, -0.2) is 30.8 Å². The van der Waals surface area contributed by atoms with Crippen LogP contribution in [-0.2, 0) is 4.74 Å². The van der Waals surface area contributed by atoms with E-state index >= 15 is 0 Å². The van der Waals surface area contributed by atoms with Crippen LogP contribution in [0.2, 0.25) is 0 Å². The maximum absolute atomic E-state index is 11.4. The first-order chi connectivity index (χ1) is 9.85. The third-order valence-electron chi connectivity index (χ3n) is 3.26. The van der Waals surface area contributed by atoms with Crippen LogP contribution in [0.25, 0.3) is 0 Å². The van der Waals surface area contributed by atoms with Gasteiger partial charge in [-0.2, -0.15) is 0 Å². The second kappa shape index (κ2) is 11.8.